The third-order valence-corrected chi connectivity index (χ3v) is 3.08. The molecule has 0 aromatic carbocycles. The van der Waals surface area contributed by atoms with Crippen LogP contribution in [-0.4, -0.2) is 15.0 Å². The predicted octanol–water partition coefficient (Wildman–Crippen LogP) is 0.134. The van der Waals surface area contributed by atoms with E-state index < -0.39 is 17.2 Å². The molecule has 0 radical (unpaired) electrons. The third-order valence-electron chi connectivity index (χ3n) is 3.08. The molecule has 106 valence electrons. The molecule has 0 aliphatic rings. The van der Waals surface area contributed by atoms with E-state index in [2.05, 4.69) is 5.32 Å². The normalized spacial score (nSPS) is 12.2. The van der Waals surface area contributed by atoms with Crippen molar-refractivity contribution < 1.29 is 4.79 Å². The number of aromatic nitrogens is 2. The molecule has 7 nitrogen and oxygen atoms in total. The van der Waals surface area contributed by atoms with E-state index in [1.807, 2.05) is 13.8 Å². The van der Waals surface area contributed by atoms with Crippen LogP contribution < -0.4 is 22.3 Å². The topological polar surface area (TPSA) is 99.1 Å². The maximum atomic E-state index is 12.0. The summed E-state index contributed by atoms with van der Waals surface area (Å²) in [5.74, 6) is -0.163. The first-order valence-corrected chi connectivity index (χ1v) is 6.16. The number of amides is 1. The molecule has 0 saturated heterocycles. The number of hydrogen-bond donors (Lipinski definition) is 2. The predicted molar refractivity (Wildman–Crippen MR) is 74.1 cm³/mol. The minimum Gasteiger partial charge on any atom is -0.383 e. The van der Waals surface area contributed by atoms with Crippen LogP contribution in [0, 0.1) is 5.92 Å². The van der Waals surface area contributed by atoms with E-state index in [1.54, 1.807) is 0 Å². The van der Waals surface area contributed by atoms with E-state index in [0.29, 0.717) is 6.54 Å². The fourth-order valence-corrected chi connectivity index (χ4v) is 1.69. The summed E-state index contributed by atoms with van der Waals surface area (Å²) in [4.78, 5) is 35.0. The summed E-state index contributed by atoms with van der Waals surface area (Å²) < 4.78 is 2.27. The highest BCUT2D eigenvalue weighted by molar-refractivity contribution is 5.91. The standard InChI is InChI=1S/C12H20N4O3/c1-5-7(2)6-16-10(13)9(14-8(3)17)11(18)15(4)12(16)19/h7H,5-6,13H2,1-4H3,(H,14,17)/t7-/m0/s1. The van der Waals surface area contributed by atoms with Crippen molar-refractivity contribution >= 4 is 17.4 Å². The Bertz CT molecular complexity index is 600. The molecule has 3 N–H and O–H groups in total. The lowest BCUT2D eigenvalue weighted by molar-refractivity contribution is -0.114. The van der Waals surface area contributed by atoms with Crippen LogP contribution in [0.3, 0.4) is 0 Å². The quantitative estimate of drug-likeness (QED) is 0.811. The number of anilines is 2. The van der Waals surface area contributed by atoms with Crippen molar-refractivity contribution in [2.45, 2.75) is 33.7 Å². The van der Waals surface area contributed by atoms with E-state index in [9.17, 15) is 14.4 Å². The average molecular weight is 268 g/mol. The molecule has 19 heavy (non-hydrogen) atoms. The molecule has 1 rings (SSSR count). The van der Waals surface area contributed by atoms with Crippen molar-refractivity contribution in [3.8, 4) is 0 Å². The first kappa shape index (κ1) is 15.0. The molecule has 1 aromatic rings. The van der Waals surface area contributed by atoms with Gasteiger partial charge in [-0.05, 0) is 5.92 Å². The molecule has 0 spiro atoms. The molecule has 0 saturated carbocycles. The largest absolute Gasteiger partial charge is 0.383 e. The van der Waals surface area contributed by atoms with E-state index in [1.165, 1.54) is 18.5 Å². The van der Waals surface area contributed by atoms with Crippen LogP contribution in [0.2, 0.25) is 0 Å². The van der Waals surface area contributed by atoms with Crippen LogP contribution >= 0.6 is 0 Å². The molecule has 0 aliphatic carbocycles. The summed E-state index contributed by atoms with van der Waals surface area (Å²) in [5, 5.41) is 2.38. The van der Waals surface area contributed by atoms with Crippen molar-refractivity contribution in [1.29, 1.82) is 0 Å². The Morgan fingerprint density at radius 3 is 2.47 bits per heavy atom. The van der Waals surface area contributed by atoms with Gasteiger partial charge in [-0.15, -0.1) is 0 Å². The minimum atomic E-state index is -0.599. The van der Waals surface area contributed by atoms with Gasteiger partial charge in [-0.2, -0.15) is 0 Å². The SMILES string of the molecule is CC[C@H](C)Cn1c(N)c(NC(C)=O)c(=O)n(C)c1=O. The summed E-state index contributed by atoms with van der Waals surface area (Å²) in [6, 6.07) is 0. The zero-order valence-electron chi connectivity index (χ0n) is 11.7. The van der Waals surface area contributed by atoms with Crippen LogP contribution in [0.4, 0.5) is 11.5 Å². The molecule has 0 unspecified atom stereocenters. The first-order chi connectivity index (χ1) is 8.79. The zero-order valence-corrected chi connectivity index (χ0v) is 11.7. The van der Waals surface area contributed by atoms with Gasteiger partial charge in [0.1, 0.15) is 11.5 Å². The highest BCUT2D eigenvalue weighted by Gasteiger charge is 2.17. The highest BCUT2D eigenvalue weighted by atomic mass is 16.2. The number of carbonyl (C=O) groups excluding carboxylic acids is 1. The summed E-state index contributed by atoms with van der Waals surface area (Å²) in [5.41, 5.74) is 4.72. The number of nitrogens with one attached hydrogen (secondary N) is 1. The summed E-state index contributed by atoms with van der Waals surface area (Å²) in [7, 11) is 1.36. The smallest absolute Gasteiger partial charge is 0.332 e. The first-order valence-electron chi connectivity index (χ1n) is 6.16. The third kappa shape index (κ3) is 3.04. The molecule has 7 heteroatoms. The molecule has 1 amide bonds. The maximum absolute atomic E-state index is 12.0. The molecular weight excluding hydrogens is 248 g/mol. The van der Waals surface area contributed by atoms with Gasteiger partial charge in [0.25, 0.3) is 5.56 Å². The van der Waals surface area contributed by atoms with Crippen LogP contribution in [0.1, 0.15) is 27.2 Å². The van der Waals surface area contributed by atoms with Crippen molar-refractivity contribution in [1.82, 2.24) is 9.13 Å². The second kappa shape index (κ2) is 5.73. The van der Waals surface area contributed by atoms with Crippen molar-refractivity contribution in [3.05, 3.63) is 20.8 Å². The Labute approximate surface area is 111 Å². The fraction of sp³-hybridized carbons (Fsp3) is 0.583. The van der Waals surface area contributed by atoms with Crippen LogP contribution in [-0.2, 0) is 18.4 Å². The molecule has 1 atom stereocenters. The van der Waals surface area contributed by atoms with E-state index in [4.69, 9.17) is 5.73 Å². The number of hydrogen-bond acceptors (Lipinski definition) is 4. The number of nitrogens with two attached hydrogens (primary N) is 1. The van der Waals surface area contributed by atoms with Gasteiger partial charge in [0.2, 0.25) is 5.91 Å². The summed E-state index contributed by atoms with van der Waals surface area (Å²) in [6.07, 6.45) is 0.879. The highest BCUT2D eigenvalue weighted by Crippen LogP contribution is 2.13. The van der Waals surface area contributed by atoms with Gasteiger partial charge in [-0.3, -0.25) is 18.7 Å². The monoisotopic (exact) mass is 268 g/mol. The fourth-order valence-electron chi connectivity index (χ4n) is 1.69. The van der Waals surface area contributed by atoms with Crippen LogP contribution in [0.15, 0.2) is 9.59 Å². The minimum absolute atomic E-state index is 0.00333. The van der Waals surface area contributed by atoms with E-state index >= 15 is 0 Å². The van der Waals surface area contributed by atoms with Gasteiger partial charge in [-0.1, -0.05) is 20.3 Å². The molecular formula is C12H20N4O3. The van der Waals surface area contributed by atoms with Crippen LogP contribution in [0.5, 0.6) is 0 Å². The number of nitrogen functional groups attached to an aromatic ring is 1. The maximum Gasteiger partial charge on any atom is 0.332 e. The Morgan fingerprint density at radius 2 is 2.00 bits per heavy atom. The van der Waals surface area contributed by atoms with Gasteiger partial charge in [0, 0.05) is 20.5 Å². The second-order valence-electron chi connectivity index (χ2n) is 4.71. The number of carbonyl (C=O) groups is 1. The van der Waals surface area contributed by atoms with E-state index in [-0.39, 0.29) is 17.4 Å². The van der Waals surface area contributed by atoms with Gasteiger partial charge < -0.3 is 11.1 Å². The van der Waals surface area contributed by atoms with Gasteiger partial charge in [0.05, 0.1) is 0 Å². The lowest BCUT2D eigenvalue weighted by atomic mass is 10.1. The Morgan fingerprint density at radius 1 is 1.42 bits per heavy atom. The van der Waals surface area contributed by atoms with Gasteiger partial charge >= 0.3 is 5.69 Å². The number of rotatable bonds is 4. The van der Waals surface area contributed by atoms with Crippen molar-refractivity contribution in [2.75, 3.05) is 11.1 Å². The zero-order chi connectivity index (χ0) is 14.7. The number of nitrogens with zero attached hydrogens (tertiary/aromatic N) is 2. The molecule has 1 heterocycles. The molecule has 0 aliphatic heterocycles. The van der Waals surface area contributed by atoms with Gasteiger partial charge in [-0.25, -0.2) is 4.79 Å². The molecule has 1 aromatic heterocycles. The van der Waals surface area contributed by atoms with Crippen LogP contribution in [0.25, 0.3) is 0 Å². The summed E-state index contributed by atoms with van der Waals surface area (Å²) in [6.45, 7) is 5.67. The average Bonchev–Trinajstić information content (AvgIpc) is 2.36. The van der Waals surface area contributed by atoms with Gasteiger partial charge in [0.15, 0.2) is 0 Å². The van der Waals surface area contributed by atoms with Crippen molar-refractivity contribution in [3.63, 3.8) is 0 Å². The Kier molecular flexibility index (Phi) is 4.52. The molecule has 0 fully saturated rings. The lowest BCUT2D eigenvalue weighted by Crippen LogP contribution is -2.41. The Hall–Kier alpha value is -2.05. The lowest BCUT2D eigenvalue weighted by Gasteiger charge is -2.17. The summed E-state index contributed by atoms with van der Waals surface area (Å²) >= 11 is 0. The van der Waals surface area contributed by atoms with E-state index in [0.717, 1.165) is 11.0 Å². The van der Waals surface area contributed by atoms with Crippen molar-refractivity contribution in [2.24, 2.45) is 13.0 Å². The second-order valence-corrected chi connectivity index (χ2v) is 4.71. The Balaban J connectivity index is 3.47. The molecule has 0 bridgehead atoms.